The molecule has 2 aromatic rings. The molecular weight excluding hydrogens is 272 g/mol. The molecule has 7 nitrogen and oxygen atoms in total. The molecule has 0 spiro atoms. The van der Waals surface area contributed by atoms with Crippen LogP contribution in [0.2, 0.25) is 0 Å². The van der Waals surface area contributed by atoms with E-state index in [1.54, 1.807) is 13.0 Å². The minimum atomic E-state index is -0.231. The number of aliphatic hydroxyl groups is 1. The third kappa shape index (κ3) is 3.30. The fourth-order valence-corrected chi connectivity index (χ4v) is 2.69. The quantitative estimate of drug-likeness (QED) is 0.792. The first-order chi connectivity index (χ1) is 10.1. The molecule has 2 aromatic heterocycles. The van der Waals surface area contributed by atoms with Crippen LogP contribution in [0.5, 0.6) is 0 Å². The van der Waals surface area contributed by atoms with Gasteiger partial charge in [-0.25, -0.2) is 0 Å². The minimum absolute atomic E-state index is 0.130. The Balaban J connectivity index is 1.58. The summed E-state index contributed by atoms with van der Waals surface area (Å²) in [4.78, 5) is 11.9. The predicted molar refractivity (Wildman–Crippen MR) is 74.8 cm³/mol. The minimum Gasteiger partial charge on any atom is -0.393 e. The number of aryl methyl sites for hydroxylation is 1. The monoisotopic (exact) mass is 290 g/mol. The number of H-pyrrole nitrogens is 1. The number of aromatic nitrogens is 3. The van der Waals surface area contributed by atoms with Gasteiger partial charge in [-0.15, -0.1) is 0 Å². The smallest absolute Gasteiger partial charge is 0.233 e. The van der Waals surface area contributed by atoms with Crippen molar-refractivity contribution < 1.29 is 14.4 Å². The lowest BCUT2D eigenvalue weighted by Gasteiger charge is -2.04. The molecule has 0 aliphatic heterocycles. The summed E-state index contributed by atoms with van der Waals surface area (Å²) in [6.45, 7) is 1.81. The van der Waals surface area contributed by atoms with Crippen LogP contribution in [0.15, 0.2) is 16.7 Å². The zero-order valence-electron chi connectivity index (χ0n) is 11.8. The summed E-state index contributed by atoms with van der Waals surface area (Å²) in [6.07, 6.45) is 2.40. The highest BCUT2D eigenvalue weighted by Crippen LogP contribution is 2.34. The molecule has 1 aliphatic carbocycles. The van der Waals surface area contributed by atoms with Gasteiger partial charge >= 0.3 is 0 Å². The van der Waals surface area contributed by atoms with Gasteiger partial charge in [0.25, 0.3) is 0 Å². The van der Waals surface area contributed by atoms with Crippen LogP contribution in [0, 0.1) is 6.92 Å². The molecule has 1 amide bonds. The van der Waals surface area contributed by atoms with Gasteiger partial charge in [-0.05, 0) is 26.2 Å². The van der Waals surface area contributed by atoms with Gasteiger partial charge < -0.3 is 14.9 Å². The van der Waals surface area contributed by atoms with E-state index >= 15 is 0 Å². The Morgan fingerprint density at radius 3 is 3.05 bits per heavy atom. The summed E-state index contributed by atoms with van der Waals surface area (Å²) in [6, 6.07) is 3.56. The molecule has 1 fully saturated rings. The van der Waals surface area contributed by atoms with Crippen LogP contribution < -0.4 is 5.32 Å². The molecule has 1 aliphatic rings. The van der Waals surface area contributed by atoms with Crippen molar-refractivity contribution in [3.63, 3.8) is 0 Å². The highest BCUT2D eigenvalue weighted by atomic mass is 16.5. The molecule has 0 radical (unpaired) electrons. The van der Waals surface area contributed by atoms with E-state index in [1.165, 1.54) is 0 Å². The Kier molecular flexibility index (Phi) is 3.74. The lowest BCUT2D eigenvalue weighted by Crippen LogP contribution is -2.14. The Hall–Kier alpha value is -2.15. The first kappa shape index (κ1) is 13.8. The average Bonchev–Trinajstić information content (AvgIpc) is 3.12. The molecule has 21 heavy (non-hydrogen) atoms. The number of carbonyl (C=O) groups is 1. The zero-order chi connectivity index (χ0) is 14.8. The molecule has 2 atom stereocenters. The van der Waals surface area contributed by atoms with Crippen LogP contribution in [0.1, 0.15) is 42.3 Å². The molecule has 3 rings (SSSR count). The molecule has 2 heterocycles. The van der Waals surface area contributed by atoms with E-state index in [1.807, 2.05) is 6.07 Å². The third-order valence-corrected chi connectivity index (χ3v) is 3.72. The largest absolute Gasteiger partial charge is 0.393 e. The van der Waals surface area contributed by atoms with Crippen LogP contribution >= 0.6 is 0 Å². The van der Waals surface area contributed by atoms with Crippen molar-refractivity contribution in [2.45, 2.75) is 44.6 Å². The fraction of sp³-hybridized carbons (Fsp3) is 0.500. The number of amides is 1. The number of hydrogen-bond acceptors (Lipinski definition) is 5. The second-order valence-corrected chi connectivity index (χ2v) is 5.53. The van der Waals surface area contributed by atoms with E-state index in [2.05, 4.69) is 20.7 Å². The SMILES string of the molecule is Cc1cc(CC(=O)Nc2cc([C@@H]3CC[C@@H](O)C3)[nH]n2)on1. The van der Waals surface area contributed by atoms with Crippen molar-refractivity contribution in [1.82, 2.24) is 15.4 Å². The molecule has 112 valence electrons. The van der Waals surface area contributed by atoms with Gasteiger partial charge in [0.05, 0.1) is 18.2 Å². The lowest BCUT2D eigenvalue weighted by molar-refractivity contribution is -0.115. The summed E-state index contributed by atoms with van der Waals surface area (Å²) in [7, 11) is 0. The van der Waals surface area contributed by atoms with Gasteiger partial charge in [-0.1, -0.05) is 5.16 Å². The van der Waals surface area contributed by atoms with Gasteiger partial charge in [0.15, 0.2) is 5.82 Å². The zero-order valence-corrected chi connectivity index (χ0v) is 11.8. The molecule has 0 bridgehead atoms. The first-order valence-corrected chi connectivity index (χ1v) is 7.05. The average molecular weight is 290 g/mol. The van der Waals surface area contributed by atoms with Gasteiger partial charge in [0, 0.05) is 23.7 Å². The van der Waals surface area contributed by atoms with E-state index in [9.17, 15) is 9.90 Å². The number of rotatable bonds is 4. The van der Waals surface area contributed by atoms with Gasteiger partial charge in [-0.3, -0.25) is 9.89 Å². The van der Waals surface area contributed by atoms with E-state index in [0.717, 1.165) is 30.7 Å². The summed E-state index contributed by atoms with van der Waals surface area (Å²) in [5.74, 6) is 1.11. The number of nitrogens with one attached hydrogen (secondary N) is 2. The van der Waals surface area contributed by atoms with E-state index in [0.29, 0.717) is 11.6 Å². The van der Waals surface area contributed by atoms with E-state index in [4.69, 9.17) is 4.52 Å². The van der Waals surface area contributed by atoms with Crippen LogP contribution in [-0.2, 0) is 11.2 Å². The van der Waals surface area contributed by atoms with Crippen LogP contribution in [0.4, 0.5) is 5.82 Å². The highest BCUT2D eigenvalue weighted by Gasteiger charge is 2.25. The third-order valence-electron chi connectivity index (χ3n) is 3.72. The molecule has 1 saturated carbocycles. The van der Waals surface area contributed by atoms with E-state index in [-0.39, 0.29) is 24.3 Å². The maximum atomic E-state index is 11.9. The number of carbonyl (C=O) groups excluding carboxylic acids is 1. The van der Waals surface area contributed by atoms with Crippen molar-refractivity contribution in [2.24, 2.45) is 0 Å². The topological polar surface area (TPSA) is 104 Å². The maximum absolute atomic E-state index is 11.9. The predicted octanol–water partition coefficient (Wildman–Crippen LogP) is 1.52. The van der Waals surface area contributed by atoms with Gasteiger partial charge in [0.2, 0.25) is 5.91 Å². The molecule has 0 unspecified atom stereocenters. The van der Waals surface area contributed by atoms with Gasteiger partial charge in [-0.2, -0.15) is 5.10 Å². The summed E-state index contributed by atoms with van der Waals surface area (Å²) >= 11 is 0. The molecule has 0 aromatic carbocycles. The Bertz CT molecular complexity index is 634. The molecule has 0 saturated heterocycles. The van der Waals surface area contributed by atoms with Crippen molar-refractivity contribution in [3.8, 4) is 0 Å². The number of aromatic amines is 1. The standard InChI is InChI=1S/C14H18N4O3/c1-8-4-11(21-18-8)6-14(20)15-13-7-12(16-17-13)9-2-3-10(19)5-9/h4,7,9-10,19H,2-3,5-6H2,1H3,(H2,15,16,17,20)/t9-,10-/m1/s1. The van der Waals surface area contributed by atoms with Crippen LogP contribution in [-0.4, -0.2) is 32.5 Å². The summed E-state index contributed by atoms with van der Waals surface area (Å²) in [5, 5.41) is 23.0. The maximum Gasteiger partial charge on any atom is 0.233 e. The number of aliphatic hydroxyl groups excluding tert-OH is 1. The van der Waals surface area contributed by atoms with Crippen molar-refractivity contribution in [2.75, 3.05) is 5.32 Å². The Labute approximate surface area is 121 Å². The first-order valence-electron chi connectivity index (χ1n) is 7.05. The highest BCUT2D eigenvalue weighted by molar-refractivity contribution is 5.91. The Morgan fingerprint density at radius 1 is 1.52 bits per heavy atom. The number of anilines is 1. The number of nitrogens with zero attached hydrogens (tertiary/aromatic N) is 2. The normalized spacial score (nSPS) is 21.6. The number of hydrogen-bond donors (Lipinski definition) is 3. The second kappa shape index (κ2) is 5.69. The van der Waals surface area contributed by atoms with Crippen LogP contribution in [0.25, 0.3) is 0 Å². The molecule has 7 heteroatoms. The van der Waals surface area contributed by atoms with Crippen molar-refractivity contribution >= 4 is 11.7 Å². The second-order valence-electron chi connectivity index (χ2n) is 5.53. The van der Waals surface area contributed by atoms with Crippen LogP contribution in [0.3, 0.4) is 0 Å². The Morgan fingerprint density at radius 2 is 2.38 bits per heavy atom. The summed E-state index contributed by atoms with van der Waals surface area (Å²) in [5.41, 5.74) is 1.71. The van der Waals surface area contributed by atoms with Crippen molar-refractivity contribution in [1.29, 1.82) is 0 Å². The van der Waals surface area contributed by atoms with Gasteiger partial charge in [0.1, 0.15) is 5.76 Å². The summed E-state index contributed by atoms with van der Waals surface area (Å²) < 4.78 is 5.00. The van der Waals surface area contributed by atoms with Crippen molar-refractivity contribution in [3.05, 3.63) is 29.3 Å². The molecule has 3 N–H and O–H groups in total. The van der Waals surface area contributed by atoms with E-state index < -0.39 is 0 Å². The lowest BCUT2D eigenvalue weighted by atomic mass is 10.0. The molecular formula is C14H18N4O3. The fourth-order valence-electron chi connectivity index (χ4n) is 2.69.